The predicted molar refractivity (Wildman–Crippen MR) is 149 cm³/mol. The van der Waals surface area contributed by atoms with Crippen molar-refractivity contribution in [3.8, 4) is 17.2 Å². The summed E-state index contributed by atoms with van der Waals surface area (Å²) in [4.78, 5) is 14.3. The number of likely N-dealkylation sites (N-methyl/N-ethyl adjacent to an activating group) is 1. The van der Waals surface area contributed by atoms with Crippen LogP contribution in [0.2, 0.25) is 0 Å². The number of nitrogens with zero attached hydrogens (tertiary/aromatic N) is 1. The van der Waals surface area contributed by atoms with Crippen LogP contribution in [0.4, 0.5) is 0 Å². The van der Waals surface area contributed by atoms with E-state index in [0.29, 0.717) is 24.6 Å². The standard InChI is InChI=1S/C19H23NO3.C10H16O4S.H2O/c1-20-9-8-14-11-18(22-2)19(23-3)12-16(14)17(20)10-13-4-6-15(21)7-5-13;1-9(2)7-3-4-10(9,8(11)5-7)6-15(12,13)14;/h4-7,11-12,17,21H,8-10H2,1-3H3;7H,3-6H2,1-2H3,(H,12,13,14);1H2/t17-;7-,10-;/m11./s1. The molecule has 2 aliphatic carbocycles. The van der Waals surface area contributed by atoms with E-state index in [1.807, 2.05) is 26.0 Å². The van der Waals surface area contributed by atoms with Crippen LogP contribution in [-0.2, 0) is 27.8 Å². The van der Waals surface area contributed by atoms with Gasteiger partial charge in [0, 0.05) is 19.0 Å². The van der Waals surface area contributed by atoms with Gasteiger partial charge in [0.1, 0.15) is 11.5 Å². The SMILES string of the molecule is CC1(C)[C@@H]2CC[C@@]1(CS(=O)(=O)O)C(=O)C2.COc1cc2c(cc1OC)[C@@H](Cc1ccc(O)cc1)N(C)CC2.O. The Balaban J connectivity index is 0.000000228. The maximum absolute atomic E-state index is 11.9. The predicted octanol–water partition coefficient (Wildman–Crippen LogP) is 3.63. The molecule has 2 aromatic carbocycles. The maximum Gasteiger partial charge on any atom is 0.265 e. The first kappa shape index (κ1) is 30.9. The first-order valence-electron chi connectivity index (χ1n) is 13.0. The van der Waals surface area contributed by atoms with Gasteiger partial charge in [0.05, 0.1) is 25.4 Å². The molecule has 0 amide bonds. The van der Waals surface area contributed by atoms with Crippen LogP contribution < -0.4 is 9.47 Å². The molecule has 0 spiro atoms. The van der Waals surface area contributed by atoms with Crippen LogP contribution in [0.15, 0.2) is 36.4 Å². The van der Waals surface area contributed by atoms with Gasteiger partial charge < -0.3 is 20.1 Å². The van der Waals surface area contributed by atoms with Crippen LogP contribution in [0.5, 0.6) is 17.2 Å². The summed E-state index contributed by atoms with van der Waals surface area (Å²) in [5, 5.41) is 9.46. The molecule has 39 heavy (non-hydrogen) atoms. The Hall–Kier alpha value is -2.66. The molecule has 10 heteroatoms. The van der Waals surface area contributed by atoms with Gasteiger partial charge in [-0.05, 0) is 85.0 Å². The zero-order valence-electron chi connectivity index (χ0n) is 23.4. The van der Waals surface area contributed by atoms with Gasteiger partial charge in [-0.25, -0.2) is 0 Å². The number of methoxy groups -OCH3 is 2. The quantitative estimate of drug-likeness (QED) is 0.507. The summed E-state index contributed by atoms with van der Waals surface area (Å²) in [7, 11) is 1.43. The molecule has 1 aliphatic heterocycles. The van der Waals surface area contributed by atoms with Crippen molar-refractivity contribution in [2.75, 3.05) is 33.6 Å². The number of fused-ring (bicyclic) bond motifs is 3. The number of ketones is 1. The molecule has 2 saturated carbocycles. The molecule has 2 bridgehead atoms. The zero-order valence-corrected chi connectivity index (χ0v) is 24.2. The number of hydrogen-bond acceptors (Lipinski definition) is 7. The van der Waals surface area contributed by atoms with Gasteiger partial charge in [-0.15, -0.1) is 0 Å². The van der Waals surface area contributed by atoms with Crippen molar-refractivity contribution in [1.82, 2.24) is 4.90 Å². The molecule has 3 aliphatic rings. The topological polar surface area (TPSA) is 145 Å². The van der Waals surface area contributed by atoms with Gasteiger partial charge in [0.25, 0.3) is 10.1 Å². The monoisotopic (exact) mass is 563 g/mol. The summed E-state index contributed by atoms with van der Waals surface area (Å²) in [6.07, 6.45) is 3.89. The minimum absolute atomic E-state index is 0. The summed E-state index contributed by atoms with van der Waals surface area (Å²) < 4.78 is 41.9. The van der Waals surface area contributed by atoms with Crippen LogP contribution in [0.25, 0.3) is 0 Å². The highest BCUT2D eigenvalue weighted by Crippen LogP contribution is 2.64. The molecule has 9 nitrogen and oxygen atoms in total. The average Bonchev–Trinajstić information content (AvgIpc) is 3.20. The first-order valence-corrected chi connectivity index (χ1v) is 14.6. The second kappa shape index (κ2) is 11.4. The van der Waals surface area contributed by atoms with Crippen LogP contribution in [0, 0.1) is 16.7 Å². The largest absolute Gasteiger partial charge is 0.508 e. The van der Waals surface area contributed by atoms with Crippen LogP contribution >= 0.6 is 0 Å². The number of ether oxygens (including phenoxy) is 2. The van der Waals surface area contributed by atoms with Crippen molar-refractivity contribution in [2.45, 2.75) is 52.0 Å². The second-order valence-electron chi connectivity index (χ2n) is 11.4. The van der Waals surface area contributed by atoms with Gasteiger partial charge in [-0.2, -0.15) is 8.42 Å². The molecule has 0 saturated heterocycles. The summed E-state index contributed by atoms with van der Waals surface area (Å²) in [5.41, 5.74) is 2.71. The van der Waals surface area contributed by atoms with E-state index in [9.17, 15) is 18.3 Å². The lowest BCUT2D eigenvalue weighted by atomic mass is 9.70. The molecular weight excluding hydrogens is 522 g/mol. The third-order valence-corrected chi connectivity index (χ3v) is 10.1. The van der Waals surface area contributed by atoms with Crippen molar-refractivity contribution >= 4 is 15.9 Å². The molecule has 3 atom stereocenters. The lowest BCUT2D eigenvalue weighted by molar-refractivity contribution is -0.128. The molecule has 0 aromatic heterocycles. The summed E-state index contributed by atoms with van der Waals surface area (Å²) in [5.74, 6) is 1.77. The normalized spacial score (nSPS) is 25.2. The fraction of sp³-hybridized carbons (Fsp3) is 0.552. The van der Waals surface area contributed by atoms with E-state index in [-0.39, 0.29) is 22.6 Å². The van der Waals surface area contributed by atoms with Gasteiger partial charge in [0.2, 0.25) is 0 Å². The third-order valence-electron chi connectivity index (χ3n) is 9.20. The van der Waals surface area contributed by atoms with Gasteiger partial charge >= 0.3 is 0 Å². The fourth-order valence-electron chi connectivity index (χ4n) is 6.69. The summed E-state index contributed by atoms with van der Waals surface area (Å²) in [6, 6.07) is 12.0. The van der Waals surface area contributed by atoms with Gasteiger partial charge in [-0.1, -0.05) is 26.0 Å². The molecule has 2 aromatic rings. The Morgan fingerprint density at radius 1 is 1.08 bits per heavy atom. The Morgan fingerprint density at radius 2 is 1.69 bits per heavy atom. The van der Waals surface area contributed by atoms with E-state index in [2.05, 4.69) is 24.1 Å². The van der Waals surface area contributed by atoms with E-state index in [1.165, 1.54) is 16.7 Å². The molecule has 2 fully saturated rings. The lowest BCUT2D eigenvalue weighted by Gasteiger charge is -2.35. The zero-order chi connectivity index (χ0) is 27.9. The molecule has 216 valence electrons. The number of benzene rings is 2. The first-order chi connectivity index (χ1) is 17.8. The molecule has 0 unspecified atom stereocenters. The van der Waals surface area contributed by atoms with Crippen molar-refractivity contribution in [3.63, 3.8) is 0 Å². The third kappa shape index (κ3) is 5.94. The van der Waals surface area contributed by atoms with Crippen molar-refractivity contribution in [2.24, 2.45) is 16.7 Å². The maximum atomic E-state index is 11.9. The van der Waals surface area contributed by atoms with Crippen molar-refractivity contribution in [3.05, 3.63) is 53.1 Å². The molecule has 4 N–H and O–H groups in total. The Labute approximate surface area is 231 Å². The van der Waals surface area contributed by atoms with Gasteiger partial charge in [-0.3, -0.25) is 14.2 Å². The van der Waals surface area contributed by atoms with Crippen molar-refractivity contribution < 1.29 is 37.8 Å². The number of aromatic hydroxyl groups is 1. The Morgan fingerprint density at radius 3 is 2.21 bits per heavy atom. The van der Waals surface area contributed by atoms with E-state index >= 15 is 0 Å². The Kier molecular flexibility index (Phi) is 9.06. The van der Waals surface area contributed by atoms with Gasteiger partial charge in [0.15, 0.2) is 11.5 Å². The Bertz CT molecular complexity index is 1290. The lowest BCUT2D eigenvalue weighted by Crippen LogP contribution is -2.42. The van der Waals surface area contributed by atoms with E-state index in [4.69, 9.17) is 14.0 Å². The smallest absolute Gasteiger partial charge is 0.265 e. The number of carbonyl (C=O) groups is 1. The van der Waals surface area contributed by atoms with Crippen LogP contribution in [0.1, 0.15) is 55.8 Å². The number of phenols is 1. The van der Waals surface area contributed by atoms with E-state index in [1.54, 1.807) is 26.4 Å². The molecule has 0 radical (unpaired) electrons. The number of hydrogen-bond donors (Lipinski definition) is 2. The highest BCUT2D eigenvalue weighted by molar-refractivity contribution is 7.85. The second-order valence-corrected chi connectivity index (χ2v) is 12.9. The highest BCUT2D eigenvalue weighted by Gasteiger charge is 2.65. The highest BCUT2D eigenvalue weighted by atomic mass is 32.2. The number of rotatable bonds is 6. The fourth-order valence-corrected chi connectivity index (χ4v) is 7.99. The molecular formula is C29H41NO8S. The van der Waals surface area contributed by atoms with E-state index in [0.717, 1.165) is 37.3 Å². The summed E-state index contributed by atoms with van der Waals surface area (Å²) in [6.45, 7) is 4.91. The van der Waals surface area contributed by atoms with E-state index < -0.39 is 21.3 Å². The molecule has 5 rings (SSSR count). The number of Topliss-reactive ketones (excluding diaryl/α,β-unsaturated/α-hetero) is 1. The summed E-state index contributed by atoms with van der Waals surface area (Å²) >= 11 is 0. The molecule has 1 heterocycles. The number of carbonyl (C=O) groups excluding carboxylic acids is 1. The minimum Gasteiger partial charge on any atom is -0.508 e. The van der Waals surface area contributed by atoms with Crippen LogP contribution in [0.3, 0.4) is 0 Å². The average molecular weight is 564 g/mol. The number of phenolic OH excluding ortho intramolecular Hbond substituents is 1. The van der Waals surface area contributed by atoms with Crippen LogP contribution in [-0.4, -0.2) is 67.8 Å². The van der Waals surface area contributed by atoms with Crippen molar-refractivity contribution in [1.29, 1.82) is 0 Å². The minimum atomic E-state index is -4.08.